The van der Waals surface area contributed by atoms with E-state index in [9.17, 15) is 4.79 Å². The van der Waals surface area contributed by atoms with Gasteiger partial charge in [0.25, 0.3) is 5.91 Å². The molecule has 3 N–H and O–H groups in total. The lowest BCUT2D eigenvalue weighted by atomic mass is 9.91. The second-order valence-corrected chi connectivity index (χ2v) is 7.93. The van der Waals surface area contributed by atoms with Crippen LogP contribution in [0.3, 0.4) is 0 Å². The molecule has 132 valence electrons. The summed E-state index contributed by atoms with van der Waals surface area (Å²) in [5.41, 5.74) is 11.1. The van der Waals surface area contributed by atoms with Gasteiger partial charge in [0.2, 0.25) is 0 Å². The predicted molar refractivity (Wildman–Crippen MR) is 101 cm³/mol. The zero-order valence-corrected chi connectivity index (χ0v) is 15.1. The number of rotatable bonds is 3. The highest BCUT2D eigenvalue weighted by Gasteiger charge is 2.28. The SMILES string of the molecule is Cc1cc(C)c2nc(C3CC3)cc(C(=O)NC3CCC(N)CC3)c2c1. The van der Waals surface area contributed by atoms with Crippen molar-refractivity contribution in [1.82, 2.24) is 10.3 Å². The molecule has 2 aliphatic carbocycles. The van der Waals surface area contributed by atoms with Crippen LogP contribution in [0.15, 0.2) is 18.2 Å². The summed E-state index contributed by atoms with van der Waals surface area (Å²) < 4.78 is 0. The molecule has 4 heteroatoms. The second-order valence-electron chi connectivity index (χ2n) is 7.93. The largest absolute Gasteiger partial charge is 0.349 e. The van der Waals surface area contributed by atoms with Crippen LogP contribution in [0.5, 0.6) is 0 Å². The number of nitrogens with zero attached hydrogens (tertiary/aromatic N) is 1. The number of amides is 1. The highest BCUT2D eigenvalue weighted by Crippen LogP contribution is 2.40. The first-order chi connectivity index (χ1) is 12.0. The van der Waals surface area contributed by atoms with Crippen molar-refractivity contribution in [2.75, 3.05) is 0 Å². The number of hydrogen-bond acceptors (Lipinski definition) is 3. The topological polar surface area (TPSA) is 68.0 Å². The molecule has 0 bridgehead atoms. The maximum Gasteiger partial charge on any atom is 0.252 e. The van der Waals surface area contributed by atoms with E-state index in [1.165, 1.54) is 18.4 Å². The van der Waals surface area contributed by atoms with Gasteiger partial charge in [-0.15, -0.1) is 0 Å². The van der Waals surface area contributed by atoms with Gasteiger partial charge in [-0.2, -0.15) is 0 Å². The van der Waals surface area contributed by atoms with Crippen LogP contribution in [-0.2, 0) is 0 Å². The minimum absolute atomic E-state index is 0.0415. The van der Waals surface area contributed by atoms with Gasteiger partial charge in [0.05, 0.1) is 11.1 Å². The number of hydrogen-bond donors (Lipinski definition) is 2. The molecule has 1 amide bonds. The van der Waals surface area contributed by atoms with Crippen molar-refractivity contribution in [3.63, 3.8) is 0 Å². The molecule has 4 rings (SSSR count). The van der Waals surface area contributed by atoms with Crippen molar-refractivity contribution in [1.29, 1.82) is 0 Å². The van der Waals surface area contributed by atoms with Gasteiger partial charge >= 0.3 is 0 Å². The van der Waals surface area contributed by atoms with Crippen LogP contribution in [-0.4, -0.2) is 23.0 Å². The molecule has 0 saturated heterocycles. The van der Waals surface area contributed by atoms with Gasteiger partial charge in [-0.3, -0.25) is 9.78 Å². The average molecular weight is 337 g/mol. The summed E-state index contributed by atoms with van der Waals surface area (Å²) >= 11 is 0. The zero-order chi connectivity index (χ0) is 17.6. The van der Waals surface area contributed by atoms with Gasteiger partial charge < -0.3 is 11.1 Å². The first kappa shape index (κ1) is 16.5. The van der Waals surface area contributed by atoms with Gasteiger partial charge in [-0.1, -0.05) is 11.6 Å². The quantitative estimate of drug-likeness (QED) is 0.897. The van der Waals surface area contributed by atoms with E-state index in [1.54, 1.807) is 0 Å². The molecule has 0 spiro atoms. The van der Waals surface area contributed by atoms with Crippen molar-refractivity contribution >= 4 is 16.8 Å². The van der Waals surface area contributed by atoms with Crippen LogP contribution in [0.2, 0.25) is 0 Å². The average Bonchev–Trinajstić information content (AvgIpc) is 3.41. The number of benzene rings is 1. The number of nitrogens with two attached hydrogens (primary N) is 1. The van der Waals surface area contributed by atoms with Gasteiger partial charge in [-0.25, -0.2) is 0 Å². The third-order valence-electron chi connectivity index (χ3n) is 5.62. The minimum Gasteiger partial charge on any atom is -0.349 e. The monoisotopic (exact) mass is 337 g/mol. The molecule has 2 fully saturated rings. The number of aryl methyl sites for hydroxylation is 2. The van der Waals surface area contributed by atoms with E-state index in [1.807, 2.05) is 6.07 Å². The van der Waals surface area contributed by atoms with Gasteiger partial charge in [0, 0.05) is 29.1 Å². The summed E-state index contributed by atoms with van der Waals surface area (Å²) in [5, 5.41) is 4.23. The summed E-state index contributed by atoms with van der Waals surface area (Å²) in [6.07, 6.45) is 6.31. The molecule has 1 aromatic carbocycles. The Hall–Kier alpha value is -1.94. The van der Waals surface area contributed by atoms with Crippen LogP contribution in [0.4, 0.5) is 0 Å². The normalized spacial score (nSPS) is 23.6. The lowest BCUT2D eigenvalue weighted by Gasteiger charge is -2.27. The molecule has 0 unspecified atom stereocenters. The molecule has 2 aliphatic rings. The van der Waals surface area contributed by atoms with Crippen LogP contribution < -0.4 is 11.1 Å². The Balaban J connectivity index is 1.70. The highest BCUT2D eigenvalue weighted by molar-refractivity contribution is 6.07. The van der Waals surface area contributed by atoms with Crippen LogP contribution in [0.25, 0.3) is 10.9 Å². The summed E-state index contributed by atoms with van der Waals surface area (Å²) in [5.74, 6) is 0.573. The molecule has 0 aliphatic heterocycles. The standard InChI is InChI=1S/C21H27N3O/c1-12-9-13(2)20-17(10-12)18(11-19(24-20)14-3-4-14)21(25)23-16-7-5-15(22)6-8-16/h9-11,14-16H,3-8,22H2,1-2H3,(H,23,25). The van der Waals surface area contributed by atoms with Crippen molar-refractivity contribution in [3.05, 3.63) is 40.6 Å². The molecule has 4 nitrogen and oxygen atoms in total. The summed E-state index contributed by atoms with van der Waals surface area (Å²) in [6, 6.07) is 6.81. The Morgan fingerprint density at radius 3 is 2.48 bits per heavy atom. The lowest BCUT2D eigenvalue weighted by Crippen LogP contribution is -2.40. The molecular weight excluding hydrogens is 310 g/mol. The molecule has 0 atom stereocenters. The van der Waals surface area contributed by atoms with E-state index in [-0.39, 0.29) is 11.9 Å². The predicted octanol–water partition coefficient (Wildman–Crippen LogP) is 3.73. The number of carbonyl (C=O) groups excluding carboxylic acids is 1. The second kappa shape index (κ2) is 6.41. The fourth-order valence-electron chi connectivity index (χ4n) is 4.00. The van der Waals surface area contributed by atoms with Crippen LogP contribution >= 0.6 is 0 Å². The molecular formula is C21H27N3O. The molecule has 1 aromatic heterocycles. The first-order valence-corrected chi connectivity index (χ1v) is 9.49. The third kappa shape index (κ3) is 3.40. The summed E-state index contributed by atoms with van der Waals surface area (Å²) in [7, 11) is 0. The van der Waals surface area contributed by atoms with E-state index in [4.69, 9.17) is 10.7 Å². The number of fused-ring (bicyclic) bond motifs is 1. The fourth-order valence-corrected chi connectivity index (χ4v) is 4.00. The summed E-state index contributed by atoms with van der Waals surface area (Å²) in [6.45, 7) is 4.16. The Labute approximate surface area is 149 Å². The lowest BCUT2D eigenvalue weighted by molar-refractivity contribution is 0.0927. The van der Waals surface area contributed by atoms with E-state index < -0.39 is 0 Å². The van der Waals surface area contributed by atoms with Crippen molar-refractivity contribution in [2.24, 2.45) is 5.73 Å². The molecule has 0 radical (unpaired) electrons. The van der Waals surface area contributed by atoms with Crippen molar-refractivity contribution < 1.29 is 4.79 Å². The Kier molecular flexibility index (Phi) is 4.24. The van der Waals surface area contributed by atoms with Crippen LogP contribution in [0, 0.1) is 13.8 Å². The number of aromatic nitrogens is 1. The Morgan fingerprint density at radius 1 is 1.08 bits per heavy atom. The molecule has 2 saturated carbocycles. The minimum atomic E-state index is 0.0415. The highest BCUT2D eigenvalue weighted by atomic mass is 16.1. The zero-order valence-electron chi connectivity index (χ0n) is 15.1. The van der Waals surface area contributed by atoms with Gasteiger partial charge in [0.1, 0.15) is 0 Å². The van der Waals surface area contributed by atoms with E-state index in [0.29, 0.717) is 12.0 Å². The number of pyridine rings is 1. The first-order valence-electron chi connectivity index (χ1n) is 9.49. The number of nitrogens with one attached hydrogen (secondary N) is 1. The fraction of sp³-hybridized carbons (Fsp3) is 0.524. The van der Waals surface area contributed by atoms with E-state index in [2.05, 4.69) is 31.3 Å². The maximum absolute atomic E-state index is 13.1. The Morgan fingerprint density at radius 2 is 1.80 bits per heavy atom. The van der Waals surface area contributed by atoms with E-state index >= 15 is 0 Å². The van der Waals surface area contributed by atoms with Crippen molar-refractivity contribution in [3.8, 4) is 0 Å². The van der Waals surface area contributed by atoms with E-state index in [0.717, 1.165) is 53.4 Å². The molecule has 25 heavy (non-hydrogen) atoms. The Bertz CT molecular complexity index is 817. The van der Waals surface area contributed by atoms with Gasteiger partial charge in [0.15, 0.2) is 0 Å². The molecule has 1 heterocycles. The van der Waals surface area contributed by atoms with Crippen LogP contribution in [0.1, 0.15) is 71.6 Å². The molecule has 2 aromatic rings. The maximum atomic E-state index is 13.1. The third-order valence-corrected chi connectivity index (χ3v) is 5.62. The number of carbonyl (C=O) groups is 1. The summed E-state index contributed by atoms with van der Waals surface area (Å²) in [4.78, 5) is 17.9. The van der Waals surface area contributed by atoms with Gasteiger partial charge in [-0.05, 0) is 70.1 Å². The van der Waals surface area contributed by atoms with Crippen molar-refractivity contribution in [2.45, 2.75) is 70.4 Å². The smallest absolute Gasteiger partial charge is 0.252 e.